The van der Waals surface area contributed by atoms with E-state index in [-0.39, 0.29) is 37.7 Å². The Morgan fingerprint density at radius 3 is 1.13 bits per heavy atom. The Morgan fingerprint density at radius 2 is 0.846 bits per heavy atom. The van der Waals surface area contributed by atoms with Gasteiger partial charge >= 0.3 is 26.2 Å². The van der Waals surface area contributed by atoms with Crippen molar-refractivity contribution in [3.05, 3.63) is 158 Å². The van der Waals surface area contributed by atoms with Crippen molar-refractivity contribution in [2.45, 2.75) is 12.8 Å². The molecule has 0 spiro atoms. The third-order valence-electron chi connectivity index (χ3n) is 4.84. The van der Waals surface area contributed by atoms with Crippen molar-refractivity contribution in [1.82, 2.24) is 0 Å². The summed E-state index contributed by atoms with van der Waals surface area (Å²) in [6.45, 7) is 0. The van der Waals surface area contributed by atoms with E-state index in [0.717, 1.165) is 12.8 Å². The summed E-state index contributed by atoms with van der Waals surface area (Å²) in [7, 11) is 0. The number of hydrogen-bond acceptors (Lipinski definition) is 4. The largest absolute Gasteiger partial charge is 2.00 e. The summed E-state index contributed by atoms with van der Waals surface area (Å²) in [6, 6.07) is 32.5. The van der Waals surface area contributed by atoms with Crippen molar-refractivity contribution < 1.29 is 45.9 Å². The molecule has 0 bridgehead atoms. The first-order valence-electron chi connectivity index (χ1n) is 12.2. The van der Waals surface area contributed by atoms with Gasteiger partial charge in [-0.25, -0.2) is 24.3 Å². The molecule has 4 nitrogen and oxygen atoms in total. The zero-order chi connectivity index (χ0) is 26.7. The number of allylic oxidation sites excluding steroid dienone is 8. The summed E-state index contributed by atoms with van der Waals surface area (Å²) < 4.78 is 10.9. The van der Waals surface area contributed by atoms with Gasteiger partial charge < -0.3 is 19.7 Å². The SMILES string of the molecule is Oc1ccccc1Oc1ccccc1.Oc1ccccc1Oc1ccccc1.[C-]1=CC=CC1.[C-]1=CC=CC1.[Zr+2]. The van der Waals surface area contributed by atoms with Crippen LogP contribution in [0.3, 0.4) is 0 Å². The Balaban J connectivity index is 0.000000199. The van der Waals surface area contributed by atoms with Gasteiger partial charge in [-0.3, -0.25) is 12.2 Å². The fourth-order valence-corrected chi connectivity index (χ4v) is 3.00. The topological polar surface area (TPSA) is 58.9 Å². The number of phenols is 2. The summed E-state index contributed by atoms with van der Waals surface area (Å²) in [6.07, 6.45) is 20.0. The Hall–Kier alpha value is -4.08. The van der Waals surface area contributed by atoms with Crippen LogP contribution in [0.2, 0.25) is 0 Å². The van der Waals surface area contributed by atoms with Gasteiger partial charge in [-0.05, 0) is 48.5 Å². The molecule has 0 atom stereocenters. The van der Waals surface area contributed by atoms with Gasteiger partial charge in [0.05, 0.1) is 0 Å². The van der Waals surface area contributed by atoms with Crippen LogP contribution in [0.1, 0.15) is 12.8 Å². The fourth-order valence-electron chi connectivity index (χ4n) is 3.00. The predicted molar refractivity (Wildman–Crippen MR) is 152 cm³/mol. The molecule has 0 radical (unpaired) electrons. The van der Waals surface area contributed by atoms with Crippen LogP contribution in [-0.4, -0.2) is 10.2 Å². The normalized spacial score (nSPS) is 11.5. The number of para-hydroxylation sites is 6. The van der Waals surface area contributed by atoms with Gasteiger partial charge in [0.25, 0.3) is 0 Å². The van der Waals surface area contributed by atoms with Crippen LogP contribution < -0.4 is 9.47 Å². The zero-order valence-corrected chi connectivity index (χ0v) is 23.9. The third-order valence-corrected chi connectivity index (χ3v) is 4.84. The number of ether oxygens (including phenoxy) is 2. The van der Waals surface area contributed by atoms with E-state index in [0.29, 0.717) is 23.0 Å². The van der Waals surface area contributed by atoms with Crippen LogP contribution in [0.25, 0.3) is 0 Å². The van der Waals surface area contributed by atoms with E-state index in [1.807, 2.05) is 97.1 Å². The summed E-state index contributed by atoms with van der Waals surface area (Å²) >= 11 is 0. The first kappa shape index (κ1) is 31.1. The van der Waals surface area contributed by atoms with Crippen molar-refractivity contribution in [3.63, 3.8) is 0 Å². The molecule has 0 aliphatic heterocycles. The van der Waals surface area contributed by atoms with Gasteiger partial charge in [0, 0.05) is 0 Å². The molecular weight excluding hydrogens is 564 g/mol. The molecule has 2 aliphatic carbocycles. The molecule has 194 valence electrons. The first-order valence-corrected chi connectivity index (χ1v) is 12.2. The number of phenolic OH excluding ortho intramolecular Hbond substituents is 2. The minimum absolute atomic E-state index is 0. The average Bonchev–Trinajstić information content (AvgIpc) is 3.73. The maximum Gasteiger partial charge on any atom is 2.00 e. The van der Waals surface area contributed by atoms with E-state index in [1.165, 1.54) is 0 Å². The van der Waals surface area contributed by atoms with Crippen LogP contribution >= 0.6 is 0 Å². The minimum atomic E-state index is 0. The van der Waals surface area contributed by atoms with Crippen LogP contribution in [0, 0.1) is 12.2 Å². The molecule has 0 saturated heterocycles. The standard InChI is InChI=1S/2C12H10O2.2C5H5.Zr/c2*13-11-8-4-5-9-12(11)14-10-6-2-1-3-7-10;2*1-2-4-5-3-1;/h2*1-9,13H;2*1-3H,4H2;/q;;2*-1;+2. The molecule has 4 aromatic carbocycles. The van der Waals surface area contributed by atoms with Crippen LogP contribution in [0.15, 0.2) is 146 Å². The number of benzene rings is 4. The predicted octanol–water partition coefficient (Wildman–Crippen LogP) is 8.98. The van der Waals surface area contributed by atoms with Gasteiger partial charge in [0.15, 0.2) is 23.0 Å². The molecule has 39 heavy (non-hydrogen) atoms. The van der Waals surface area contributed by atoms with Crippen LogP contribution in [0.5, 0.6) is 34.5 Å². The van der Waals surface area contributed by atoms with Crippen molar-refractivity contribution in [3.8, 4) is 34.5 Å². The van der Waals surface area contributed by atoms with E-state index in [9.17, 15) is 10.2 Å². The number of hydrogen-bond donors (Lipinski definition) is 2. The summed E-state index contributed by atoms with van der Waals surface area (Å²) in [5.74, 6) is 2.67. The summed E-state index contributed by atoms with van der Waals surface area (Å²) in [5.41, 5.74) is 0. The second-order valence-corrected chi connectivity index (χ2v) is 7.77. The molecule has 0 saturated carbocycles. The third kappa shape index (κ3) is 12.8. The molecule has 0 unspecified atom stereocenters. The maximum absolute atomic E-state index is 9.45. The summed E-state index contributed by atoms with van der Waals surface area (Å²) in [5, 5.41) is 18.9. The van der Waals surface area contributed by atoms with Crippen molar-refractivity contribution in [2.75, 3.05) is 0 Å². The Bertz CT molecular complexity index is 1200. The molecule has 6 rings (SSSR count). The molecular formula is C34H30O4Zr. The molecule has 0 fully saturated rings. The van der Waals surface area contributed by atoms with Crippen molar-refractivity contribution >= 4 is 0 Å². The Labute approximate surface area is 250 Å². The van der Waals surface area contributed by atoms with Gasteiger partial charge in [-0.1, -0.05) is 60.7 Å². The average molecular weight is 594 g/mol. The van der Waals surface area contributed by atoms with Crippen LogP contribution in [-0.2, 0) is 26.2 Å². The van der Waals surface area contributed by atoms with Crippen molar-refractivity contribution in [2.24, 2.45) is 0 Å². The van der Waals surface area contributed by atoms with Gasteiger partial charge in [-0.15, -0.1) is 12.8 Å². The first-order chi connectivity index (χ1) is 18.7. The van der Waals surface area contributed by atoms with Gasteiger partial charge in [0.2, 0.25) is 0 Å². The monoisotopic (exact) mass is 592 g/mol. The number of rotatable bonds is 4. The van der Waals surface area contributed by atoms with Crippen molar-refractivity contribution in [1.29, 1.82) is 0 Å². The van der Waals surface area contributed by atoms with E-state index in [2.05, 4.69) is 24.3 Å². The molecule has 0 aromatic heterocycles. The maximum atomic E-state index is 9.45. The molecule has 2 aliphatic rings. The molecule has 0 amide bonds. The quantitative estimate of drug-likeness (QED) is 0.232. The van der Waals surface area contributed by atoms with Gasteiger partial charge in [-0.2, -0.15) is 12.2 Å². The van der Waals surface area contributed by atoms with E-state index in [1.54, 1.807) is 36.4 Å². The summed E-state index contributed by atoms with van der Waals surface area (Å²) in [4.78, 5) is 0. The fraction of sp³-hybridized carbons (Fsp3) is 0.0588. The molecule has 2 N–H and O–H groups in total. The molecule has 4 aromatic rings. The van der Waals surface area contributed by atoms with E-state index < -0.39 is 0 Å². The minimum Gasteiger partial charge on any atom is -0.504 e. The van der Waals surface area contributed by atoms with E-state index >= 15 is 0 Å². The zero-order valence-electron chi connectivity index (χ0n) is 21.5. The smallest absolute Gasteiger partial charge is 0.504 e. The molecule has 5 heteroatoms. The van der Waals surface area contributed by atoms with E-state index in [4.69, 9.17) is 9.47 Å². The second kappa shape index (κ2) is 19.1. The van der Waals surface area contributed by atoms with Gasteiger partial charge in [0.1, 0.15) is 11.5 Å². The Kier molecular flexibility index (Phi) is 15.2. The Morgan fingerprint density at radius 1 is 0.487 bits per heavy atom. The number of aromatic hydroxyl groups is 2. The van der Waals surface area contributed by atoms with Crippen LogP contribution in [0.4, 0.5) is 0 Å². The second-order valence-electron chi connectivity index (χ2n) is 7.77. The molecule has 0 heterocycles.